The first-order valence-electron chi connectivity index (χ1n) is 4.54. The summed E-state index contributed by atoms with van der Waals surface area (Å²) in [6.07, 6.45) is 4.54. The smallest absolute Gasteiger partial charge is 0.140 e. The molecular formula is C10H13N3. The highest BCUT2D eigenvalue weighted by atomic mass is 14.9. The van der Waals surface area contributed by atoms with Crippen LogP contribution >= 0.6 is 0 Å². The van der Waals surface area contributed by atoms with Gasteiger partial charge in [-0.3, -0.25) is 0 Å². The number of aromatic nitrogens is 3. The van der Waals surface area contributed by atoms with Gasteiger partial charge in [0, 0.05) is 11.6 Å². The molecule has 2 aromatic heterocycles. The third kappa shape index (κ3) is 1.54. The van der Waals surface area contributed by atoms with Gasteiger partial charge in [0.1, 0.15) is 12.0 Å². The molecule has 0 aliphatic carbocycles. The average Bonchev–Trinajstić information content (AvgIpc) is 2.51. The van der Waals surface area contributed by atoms with E-state index in [1.54, 1.807) is 6.33 Å². The third-order valence-electron chi connectivity index (χ3n) is 2.04. The van der Waals surface area contributed by atoms with Crippen molar-refractivity contribution in [3.8, 4) is 0 Å². The number of fused-ring (bicyclic) bond motifs is 1. The van der Waals surface area contributed by atoms with Gasteiger partial charge in [-0.2, -0.15) is 0 Å². The number of nitrogens with one attached hydrogen (secondary N) is 1. The van der Waals surface area contributed by atoms with E-state index >= 15 is 0 Å². The zero-order valence-corrected chi connectivity index (χ0v) is 7.91. The topological polar surface area (TPSA) is 41.6 Å². The van der Waals surface area contributed by atoms with Crippen molar-refractivity contribution in [1.29, 1.82) is 0 Å². The highest BCUT2D eigenvalue weighted by molar-refractivity contribution is 5.77. The van der Waals surface area contributed by atoms with Crippen molar-refractivity contribution in [2.45, 2.75) is 20.3 Å². The Morgan fingerprint density at radius 1 is 1.38 bits per heavy atom. The lowest BCUT2D eigenvalue weighted by molar-refractivity contribution is 0.638. The summed E-state index contributed by atoms with van der Waals surface area (Å²) < 4.78 is 0. The molecule has 3 heteroatoms. The molecule has 2 aromatic rings. The highest BCUT2D eigenvalue weighted by Crippen LogP contribution is 2.15. The van der Waals surface area contributed by atoms with Crippen molar-refractivity contribution in [3.63, 3.8) is 0 Å². The fraction of sp³-hybridized carbons (Fsp3) is 0.400. The van der Waals surface area contributed by atoms with Crippen LogP contribution in [0, 0.1) is 5.92 Å². The maximum atomic E-state index is 4.29. The number of H-pyrrole nitrogens is 1. The Balaban J connectivity index is 2.48. The normalized spacial score (nSPS) is 11.3. The lowest BCUT2D eigenvalue weighted by Gasteiger charge is -2.03. The molecular weight excluding hydrogens is 162 g/mol. The van der Waals surface area contributed by atoms with Crippen molar-refractivity contribution < 1.29 is 0 Å². The number of nitrogens with zero attached hydrogens (tertiary/aromatic N) is 2. The van der Waals surface area contributed by atoms with Crippen LogP contribution in [0.4, 0.5) is 0 Å². The molecule has 0 saturated carbocycles. The average molecular weight is 175 g/mol. The summed E-state index contributed by atoms with van der Waals surface area (Å²) in [7, 11) is 0. The minimum atomic E-state index is 0.632. The molecule has 0 atom stereocenters. The van der Waals surface area contributed by atoms with Gasteiger partial charge < -0.3 is 4.98 Å². The van der Waals surface area contributed by atoms with Crippen LogP contribution in [-0.2, 0) is 6.42 Å². The molecule has 0 aromatic carbocycles. The molecule has 68 valence electrons. The summed E-state index contributed by atoms with van der Waals surface area (Å²) in [6, 6.07) is 2.03. The fourth-order valence-electron chi connectivity index (χ4n) is 1.48. The zero-order chi connectivity index (χ0) is 9.26. The molecule has 3 nitrogen and oxygen atoms in total. The monoisotopic (exact) mass is 175 g/mol. The second-order valence-electron chi connectivity index (χ2n) is 3.66. The van der Waals surface area contributed by atoms with Gasteiger partial charge in [-0.15, -0.1) is 0 Å². The molecule has 0 bridgehead atoms. The van der Waals surface area contributed by atoms with Gasteiger partial charge >= 0.3 is 0 Å². The van der Waals surface area contributed by atoms with Gasteiger partial charge in [-0.05, 0) is 18.4 Å². The maximum absolute atomic E-state index is 4.29. The summed E-state index contributed by atoms with van der Waals surface area (Å²) in [6.45, 7) is 4.39. The van der Waals surface area contributed by atoms with Crippen molar-refractivity contribution in [3.05, 3.63) is 24.3 Å². The molecule has 0 unspecified atom stereocenters. The Morgan fingerprint density at radius 3 is 3.00 bits per heavy atom. The third-order valence-corrected chi connectivity index (χ3v) is 2.04. The van der Waals surface area contributed by atoms with Crippen LogP contribution in [0.25, 0.3) is 11.0 Å². The van der Waals surface area contributed by atoms with Crippen LogP contribution in [0.2, 0.25) is 0 Å². The van der Waals surface area contributed by atoms with E-state index in [-0.39, 0.29) is 0 Å². The molecule has 0 radical (unpaired) electrons. The summed E-state index contributed by atoms with van der Waals surface area (Å²) >= 11 is 0. The molecule has 13 heavy (non-hydrogen) atoms. The standard InChI is InChI=1S/C10H13N3/c1-7(2)5-9-8-3-4-11-10(8)13-6-12-9/h3-4,6-7H,5H2,1-2H3,(H,11,12,13). The first-order chi connectivity index (χ1) is 6.27. The van der Waals surface area contributed by atoms with Gasteiger partial charge in [-0.1, -0.05) is 13.8 Å². The number of hydrogen-bond donors (Lipinski definition) is 1. The van der Waals surface area contributed by atoms with Crippen LogP contribution in [0.1, 0.15) is 19.5 Å². The first-order valence-corrected chi connectivity index (χ1v) is 4.54. The number of rotatable bonds is 2. The summed E-state index contributed by atoms with van der Waals surface area (Å²) in [5.41, 5.74) is 2.08. The zero-order valence-electron chi connectivity index (χ0n) is 7.91. The van der Waals surface area contributed by atoms with Gasteiger partial charge in [0.05, 0.1) is 5.69 Å². The second kappa shape index (κ2) is 3.17. The predicted molar refractivity (Wildman–Crippen MR) is 52.4 cm³/mol. The van der Waals surface area contributed by atoms with Crippen LogP contribution in [-0.4, -0.2) is 15.0 Å². The van der Waals surface area contributed by atoms with E-state index in [1.807, 2.05) is 12.3 Å². The molecule has 0 aliphatic heterocycles. The molecule has 0 amide bonds. The van der Waals surface area contributed by atoms with E-state index in [4.69, 9.17) is 0 Å². The predicted octanol–water partition coefficient (Wildman–Crippen LogP) is 2.16. The van der Waals surface area contributed by atoms with Crippen LogP contribution in [0.5, 0.6) is 0 Å². The Morgan fingerprint density at radius 2 is 2.23 bits per heavy atom. The Kier molecular flexibility index (Phi) is 2.00. The van der Waals surface area contributed by atoms with E-state index in [2.05, 4.69) is 28.8 Å². The number of hydrogen-bond acceptors (Lipinski definition) is 2. The fourth-order valence-corrected chi connectivity index (χ4v) is 1.48. The van der Waals surface area contributed by atoms with Crippen molar-refractivity contribution in [1.82, 2.24) is 15.0 Å². The largest absolute Gasteiger partial charge is 0.346 e. The van der Waals surface area contributed by atoms with E-state index in [1.165, 1.54) is 0 Å². The molecule has 1 N–H and O–H groups in total. The maximum Gasteiger partial charge on any atom is 0.140 e. The second-order valence-corrected chi connectivity index (χ2v) is 3.66. The minimum absolute atomic E-state index is 0.632. The van der Waals surface area contributed by atoms with Crippen molar-refractivity contribution >= 4 is 11.0 Å². The molecule has 0 aliphatic rings. The SMILES string of the molecule is CC(C)Cc1ncnc2[nH]ccc12. The van der Waals surface area contributed by atoms with Crippen LogP contribution in [0.15, 0.2) is 18.6 Å². The van der Waals surface area contributed by atoms with E-state index in [0.29, 0.717) is 5.92 Å². The van der Waals surface area contributed by atoms with E-state index in [0.717, 1.165) is 23.1 Å². The molecule has 2 rings (SSSR count). The van der Waals surface area contributed by atoms with Crippen molar-refractivity contribution in [2.75, 3.05) is 0 Å². The Hall–Kier alpha value is -1.38. The number of aromatic amines is 1. The lowest BCUT2D eigenvalue weighted by atomic mass is 10.1. The summed E-state index contributed by atoms with van der Waals surface area (Å²) in [5, 5.41) is 1.15. The molecule has 0 fully saturated rings. The van der Waals surface area contributed by atoms with E-state index < -0.39 is 0 Å². The molecule has 0 spiro atoms. The highest BCUT2D eigenvalue weighted by Gasteiger charge is 2.05. The van der Waals surface area contributed by atoms with Crippen LogP contribution in [0.3, 0.4) is 0 Å². The Bertz CT molecular complexity index is 403. The van der Waals surface area contributed by atoms with Gasteiger partial charge in [0.25, 0.3) is 0 Å². The van der Waals surface area contributed by atoms with Gasteiger partial charge in [0.15, 0.2) is 0 Å². The molecule has 0 saturated heterocycles. The summed E-state index contributed by atoms with van der Waals surface area (Å²) in [4.78, 5) is 11.5. The first kappa shape index (κ1) is 8.23. The Labute approximate surface area is 77.2 Å². The minimum Gasteiger partial charge on any atom is -0.346 e. The molecule has 2 heterocycles. The van der Waals surface area contributed by atoms with E-state index in [9.17, 15) is 0 Å². The van der Waals surface area contributed by atoms with Gasteiger partial charge in [-0.25, -0.2) is 9.97 Å². The summed E-state index contributed by atoms with van der Waals surface area (Å²) in [5.74, 6) is 0.632. The lowest BCUT2D eigenvalue weighted by Crippen LogP contribution is -1.98. The van der Waals surface area contributed by atoms with Crippen molar-refractivity contribution in [2.24, 2.45) is 5.92 Å². The van der Waals surface area contributed by atoms with Gasteiger partial charge in [0.2, 0.25) is 0 Å². The van der Waals surface area contributed by atoms with Crippen LogP contribution < -0.4 is 0 Å². The quantitative estimate of drug-likeness (QED) is 0.759.